The van der Waals surface area contributed by atoms with Crippen LogP contribution in [0, 0.1) is 0 Å². The lowest BCUT2D eigenvalue weighted by molar-refractivity contribution is 0.184. The second kappa shape index (κ2) is 10.4. The Labute approximate surface area is 144 Å². The zero-order valence-electron chi connectivity index (χ0n) is 11.5. The monoisotopic (exact) mass is 372 g/mol. The zero-order chi connectivity index (χ0) is 15.7. The minimum atomic E-state index is 0.142. The van der Waals surface area contributed by atoms with Gasteiger partial charge in [-0.3, -0.25) is 0 Å². The van der Waals surface area contributed by atoms with Crippen LogP contribution in [0.5, 0.6) is 11.5 Å². The van der Waals surface area contributed by atoms with E-state index in [9.17, 15) is 0 Å². The Morgan fingerprint density at radius 3 is 2.24 bits per heavy atom. The second-order valence-corrected chi connectivity index (χ2v) is 5.89. The first-order valence-corrected chi connectivity index (χ1v) is 7.80. The lowest BCUT2D eigenvalue weighted by atomic mass is 10.3. The highest BCUT2D eigenvalue weighted by Crippen LogP contribution is 2.37. The van der Waals surface area contributed by atoms with Crippen molar-refractivity contribution < 1.29 is 14.2 Å². The first kappa shape index (κ1) is 18.7. The van der Waals surface area contributed by atoms with Crippen LogP contribution in [0.4, 0.5) is 0 Å². The fourth-order valence-electron chi connectivity index (χ4n) is 1.48. The van der Waals surface area contributed by atoms with Gasteiger partial charge in [-0.2, -0.15) is 0 Å². The predicted molar refractivity (Wildman–Crippen MR) is 88.4 cm³/mol. The van der Waals surface area contributed by atoms with Crippen molar-refractivity contribution in [2.45, 2.75) is 12.8 Å². The molecule has 7 heteroatoms. The Morgan fingerprint density at radius 1 is 1.05 bits per heavy atom. The van der Waals surface area contributed by atoms with E-state index in [1.807, 2.05) is 0 Å². The fraction of sp³-hybridized carbons (Fsp3) is 0.429. The van der Waals surface area contributed by atoms with Crippen molar-refractivity contribution in [2.75, 3.05) is 26.9 Å². The van der Waals surface area contributed by atoms with E-state index >= 15 is 0 Å². The summed E-state index contributed by atoms with van der Waals surface area (Å²) in [5.74, 6) is 0.969. The van der Waals surface area contributed by atoms with Gasteiger partial charge in [-0.25, -0.2) is 0 Å². The molecule has 118 valence electrons. The molecule has 0 saturated carbocycles. The van der Waals surface area contributed by atoms with Gasteiger partial charge in [-0.15, -0.1) is 0 Å². The van der Waals surface area contributed by atoms with Gasteiger partial charge in [0, 0.05) is 25.8 Å². The summed E-state index contributed by atoms with van der Waals surface area (Å²) >= 11 is 23.3. The topological polar surface area (TPSA) is 27.7 Å². The van der Waals surface area contributed by atoms with E-state index in [0.717, 1.165) is 12.8 Å². The number of ether oxygens (including phenoxy) is 3. The lowest BCUT2D eigenvalue weighted by Gasteiger charge is -2.12. The quantitative estimate of drug-likeness (QED) is 0.535. The van der Waals surface area contributed by atoms with Crippen LogP contribution < -0.4 is 9.47 Å². The van der Waals surface area contributed by atoms with Gasteiger partial charge in [0.2, 0.25) is 0 Å². The number of hydrogen-bond acceptors (Lipinski definition) is 3. The SMILES string of the molecule is COCCCCOc1c(Cl)cc(OCC=C(Cl)Cl)cc1Cl. The van der Waals surface area contributed by atoms with Crippen LogP contribution in [0.1, 0.15) is 12.8 Å². The lowest BCUT2D eigenvalue weighted by Crippen LogP contribution is -2.01. The van der Waals surface area contributed by atoms with Gasteiger partial charge in [0.1, 0.15) is 16.8 Å². The standard InChI is InChI=1S/C14H16Cl4O3/c1-19-5-2-3-6-21-14-11(15)8-10(9-12(14)16)20-7-4-13(17)18/h4,8-9H,2-3,5-7H2,1H3. The van der Waals surface area contributed by atoms with Crippen LogP contribution in [-0.4, -0.2) is 26.9 Å². The number of rotatable bonds is 9. The van der Waals surface area contributed by atoms with E-state index in [1.165, 1.54) is 6.08 Å². The molecule has 0 aliphatic heterocycles. The summed E-state index contributed by atoms with van der Waals surface area (Å²) in [6.07, 6.45) is 3.29. The molecule has 1 aromatic carbocycles. The van der Waals surface area contributed by atoms with E-state index in [2.05, 4.69) is 0 Å². The van der Waals surface area contributed by atoms with Crippen LogP contribution >= 0.6 is 46.4 Å². The van der Waals surface area contributed by atoms with E-state index in [-0.39, 0.29) is 11.1 Å². The summed E-state index contributed by atoms with van der Waals surface area (Å²) in [4.78, 5) is 0. The Hall–Kier alpha value is -0.320. The third-order valence-electron chi connectivity index (χ3n) is 2.45. The number of unbranched alkanes of at least 4 members (excludes halogenated alkanes) is 1. The Kier molecular flexibility index (Phi) is 9.29. The molecule has 0 N–H and O–H groups in total. The third kappa shape index (κ3) is 7.48. The number of halogens is 4. The molecule has 0 spiro atoms. The summed E-state index contributed by atoms with van der Waals surface area (Å²) in [7, 11) is 1.67. The number of hydrogen-bond donors (Lipinski definition) is 0. The molecule has 3 nitrogen and oxygen atoms in total. The molecule has 0 amide bonds. The van der Waals surface area contributed by atoms with E-state index < -0.39 is 0 Å². The predicted octanol–water partition coefficient (Wildman–Crippen LogP) is 5.50. The molecular formula is C14H16Cl4O3. The Balaban J connectivity index is 2.56. The Bertz CT molecular complexity index is 450. The molecule has 0 aliphatic rings. The normalized spacial score (nSPS) is 10.3. The second-order valence-electron chi connectivity index (χ2n) is 4.07. The van der Waals surface area contributed by atoms with Crippen molar-refractivity contribution in [1.82, 2.24) is 0 Å². The number of methoxy groups -OCH3 is 1. The fourth-order valence-corrected chi connectivity index (χ4v) is 2.18. The molecular weight excluding hydrogens is 358 g/mol. The van der Waals surface area contributed by atoms with Gasteiger partial charge in [-0.1, -0.05) is 46.4 Å². The molecule has 0 aromatic heterocycles. The van der Waals surface area contributed by atoms with Crippen molar-refractivity contribution in [3.63, 3.8) is 0 Å². The van der Waals surface area contributed by atoms with Crippen LogP contribution in [0.15, 0.2) is 22.7 Å². The molecule has 0 atom stereocenters. The van der Waals surface area contributed by atoms with Crippen molar-refractivity contribution >= 4 is 46.4 Å². The molecule has 0 saturated heterocycles. The van der Waals surface area contributed by atoms with Crippen molar-refractivity contribution in [3.8, 4) is 11.5 Å². The molecule has 0 aliphatic carbocycles. The van der Waals surface area contributed by atoms with Gasteiger partial charge >= 0.3 is 0 Å². The van der Waals surface area contributed by atoms with Crippen molar-refractivity contribution in [1.29, 1.82) is 0 Å². The highest BCUT2D eigenvalue weighted by Gasteiger charge is 2.10. The summed E-state index contributed by atoms with van der Waals surface area (Å²) in [6, 6.07) is 3.27. The first-order chi connectivity index (χ1) is 10.0. The minimum absolute atomic E-state index is 0.142. The molecule has 0 unspecified atom stereocenters. The Morgan fingerprint density at radius 2 is 1.67 bits per heavy atom. The van der Waals surface area contributed by atoms with E-state index in [1.54, 1.807) is 19.2 Å². The first-order valence-electron chi connectivity index (χ1n) is 6.29. The summed E-state index contributed by atoms with van der Waals surface area (Å²) < 4.78 is 16.1. The van der Waals surface area contributed by atoms with Gasteiger partial charge < -0.3 is 14.2 Å². The molecule has 0 fully saturated rings. The maximum absolute atomic E-state index is 6.13. The highest BCUT2D eigenvalue weighted by atomic mass is 35.5. The molecule has 0 bridgehead atoms. The van der Waals surface area contributed by atoms with E-state index in [4.69, 9.17) is 60.6 Å². The maximum atomic E-state index is 6.13. The van der Waals surface area contributed by atoms with Gasteiger partial charge in [0.15, 0.2) is 5.75 Å². The van der Waals surface area contributed by atoms with Gasteiger partial charge in [-0.05, 0) is 18.9 Å². The summed E-state index contributed by atoms with van der Waals surface area (Å²) in [5, 5.41) is 0.787. The molecule has 1 aromatic rings. The molecule has 0 radical (unpaired) electrons. The number of benzene rings is 1. The molecule has 0 heterocycles. The zero-order valence-corrected chi connectivity index (χ0v) is 14.5. The largest absolute Gasteiger partial charge is 0.490 e. The van der Waals surface area contributed by atoms with Crippen molar-refractivity contribution in [2.24, 2.45) is 0 Å². The van der Waals surface area contributed by atoms with Gasteiger partial charge in [0.25, 0.3) is 0 Å². The average Bonchev–Trinajstić information content (AvgIpc) is 2.40. The van der Waals surface area contributed by atoms with Crippen molar-refractivity contribution in [3.05, 3.63) is 32.7 Å². The third-order valence-corrected chi connectivity index (χ3v) is 3.32. The highest BCUT2D eigenvalue weighted by molar-refractivity contribution is 6.55. The summed E-state index contributed by atoms with van der Waals surface area (Å²) in [5.41, 5.74) is 0. The molecule has 21 heavy (non-hydrogen) atoms. The minimum Gasteiger partial charge on any atom is -0.490 e. The van der Waals surface area contributed by atoms with E-state index in [0.29, 0.717) is 34.8 Å². The smallest absolute Gasteiger partial charge is 0.156 e. The average molecular weight is 374 g/mol. The van der Waals surface area contributed by atoms with Crippen LogP contribution in [0.2, 0.25) is 10.0 Å². The van der Waals surface area contributed by atoms with Crippen LogP contribution in [0.25, 0.3) is 0 Å². The maximum Gasteiger partial charge on any atom is 0.156 e. The molecule has 1 rings (SSSR count). The van der Waals surface area contributed by atoms with Crippen LogP contribution in [0.3, 0.4) is 0 Å². The van der Waals surface area contributed by atoms with Crippen LogP contribution in [-0.2, 0) is 4.74 Å². The summed E-state index contributed by atoms with van der Waals surface area (Å²) in [6.45, 7) is 1.45. The van der Waals surface area contributed by atoms with Gasteiger partial charge in [0.05, 0.1) is 16.7 Å².